The summed E-state index contributed by atoms with van der Waals surface area (Å²) < 4.78 is 0. The Morgan fingerprint density at radius 3 is 2.71 bits per heavy atom. The summed E-state index contributed by atoms with van der Waals surface area (Å²) in [5, 5.41) is 3.33. The van der Waals surface area contributed by atoms with E-state index < -0.39 is 0 Å². The average molecular weight is 289 g/mol. The maximum atomic E-state index is 12.6. The number of fused-ring (bicyclic) bond motifs is 1. The smallest absolute Gasteiger partial charge is 0.254 e. The van der Waals surface area contributed by atoms with Gasteiger partial charge in [-0.3, -0.25) is 9.59 Å². The molecule has 21 heavy (non-hydrogen) atoms. The summed E-state index contributed by atoms with van der Waals surface area (Å²) in [4.78, 5) is 27.4. The van der Waals surface area contributed by atoms with Crippen molar-refractivity contribution in [2.75, 3.05) is 39.0 Å². The number of benzene rings is 1. The van der Waals surface area contributed by atoms with Gasteiger partial charge in [0.1, 0.15) is 0 Å². The Kier molecular flexibility index (Phi) is 4.83. The second kappa shape index (κ2) is 6.61. The van der Waals surface area contributed by atoms with Crippen LogP contribution in [0, 0.1) is 0 Å². The highest BCUT2D eigenvalue weighted by molar-refractivity contribution is 5.97. The lowest BCUT2D eigenvalue weighted by molar-refractivity contribution is -0.129. The maximum absolute atomic E-state index is 12.6. The van der Waals surface area contributed by atoms with Crippen LogP contribution >= 0.6 is 0 Å². The lowest BCUT2D eigenvalue weighted by Crippen LogP contribution is -2.40. The number of anilines is 1. The molecule has 114 valence electrons. The fraction of sp³-hybridized carbons (Fsp3) is 0.500. The van der Waals surface area contributed by atoms with Crippen LogP contribution in [0.4, 0.5) is 5.69 Å². The first-order valence-corrected chi connectivity index (χ1v) is 7.39. The molecule has 1 aliphatic rings. The molecule has 5 heteroatoms. The van der Waals surface area contributed by atoms with Gasteiger partial charge in [-0.1, -0.05) is 0 Å². The zero-order valence-electron chi connectivity index (χ0n) is 13.0. The molecule has 0 aliphatic carbocycles. The van der Waals surface area contributed by atoms with E-state index in [1.807, 2.05) is 25.1 Å². The van der Waals surface area contributed by atoms with Crippen LogP contribution in [0.15, 0.2) is 18.2 Å². The Balaban J connectivity index is 2.15. The minimum absolute atomic E-state index is 0.0650. The minimum Gasteiger partial charge on any atom is -0.385 e. The minimum atomic E-state index is -0.0823. The molecule has 0 unspecified atom stereocenters. The lowest BCUT2D eigenvalue weighted by Gasteiger charge is -2.24. The van der Waals surface area contributed by atoms with E-state index in [-0.39, 0.29) is 18.4 Å². The van der Waals surface area contributed by atoms with E-state index in [0.717, 1.165) is 25.1 Å². The fourth-order valence-electron chi connectivity index (χ4n) is 2.42. The highest BCUT2D eigenvalue weighted by Crippen LogP contribution is 2.23. The molecule has 0 saturated carbocycles. The van der Waals surface area contributed by atoms with Crippen molar-refractivity contribution in [1.82, 2.24) is 9.80 Å². The molecule has 2 rings (SSSR count). The van der Waals surface area contributed by atoms with Crippen molar-refractivity contribution in [2.45, 2.75) is 19.8 Å². The van der Waals surface area contributed by atoms with Crippen molar-refractivity contribution in [3.05, 3.63) is 29.3 Å². The molecular weight excluding hydrogens is 266 g/mol. The van der Waals surface area contributed by atoms with Gasteiger partial charge in [-0.15, -0.1) is 0 Å². The number of hydrogen-bond donors (Lipinski definition) is 1. The van der Waals surface area contributed by atoms with Crippen LogP contribution in [0.1, 0.15) is 29.3 Å². The monoisotopic (exact) mass is 289 g/mol. The highest BCUT2D eigenvalue weighted by atomic mass is 16.2. The molecule has 0 spiro atoms. The molecule has 0 aromatic heterocycles. The zero-order valence-corrected chi connectivity index (χ0v) is 13.0. The number of carbonyl (C=O) groups excluding carboxylic acids is 2. The summed E-state index contributed by atoms with van der Waals surface area (Å²) in [7, 11) is 3.40. The van der Waals surface area contributed by atoms with E-state index in [1.165, 1.54) is 10.5 Å². The van der Waals surface area contributed by atoms with E-state index in [0.29, 0.717) is 12.1 Å². The summed E-state index contributed by atoms with van der Waals surface area (Å²) in [5.41, 5.74) is 2.96. The average Bonchev–Trinajstić information content (AvgIpc) is 2.51. The molecule has 2 amide bonds. The largest absolute Gasteiger partial charge is 0.385 e. The Bertz CT molecular complexity index is 540. The second-order valence-electron chi connectivity index (χ2n) is 5.51. The number of carbonyl (C=O) groups is 2. The predicted molar refractivity (Wildman–Crippen MR) is 83.5 cm³/mol. The van der Waals surface area contributed by atoms with Crippen LogP contribution < -0.4 is 5.32 Å². The first kappa shape index (κ1) is 15.4. The second-order valence-corrected chi connectivity index (χ2v) is 5.51. The van der Waals surface area contributed by atoms with Crippen molar-refractivity contribution >= 4 is 17.5 Å². The maximum Gasteiger partial charge on any atom is 0.254 e. The van der Waals surface area contributed by atoms with Gasteiger partial charge in [-0.05, 0) is 43.5 Å². The Hall–Kier alpha value is -2.04. The molecule has 1 aromatic rings. The van der Waals surface area contributed by atoms with E-state index in [4.69, 9.17) is 0 Å². The zero-order chi connectivity index (χ0) is 15.4. The third-order valence-electron chi connectivity index (χ3n) is 3.78. The third kappa shape index (κ3) is 3.54. The molecule has 1 N–H and O–H groups in total. The molecule has 0 bridgehead atoms. The lowest BCUT2D eigenvalue weighted by atomic mass is 10.0. The molecule has 1 aromatic carbocycles. The van der Waals surface area contributed by atoms with Gasteiger partial charge in [0.15, 0.2) is 0 Å². The number of likely N-dealkylation sites (N-methyl/N-ethyl adjacent to an activating group) is 2. The number of nitrogens with one attached hydrogen (secondary N) is 1. The topological polar surface area (TPSA) is 52.7 Å². The van der Waals surface area contributed by atoms with Crippen LogP contribution in [0.5, 0.6) is 0 Å². The van der Waals surface area contributed by atoms with E-state index >= 15 is 0 Å². The van der Waals surface area contributed by atoms with Crippen molar-refractivity contribution in [1.29, 1.82) is 0 Å². The van der Waals surface area contributed by atoms with Crippen LogP contribution in [0.2, 0.25) is 0 Å². The quantitative estimate of drug-likeness (QED) is 0.916. The third-order valence-corrected chi connectivity index (χ3v) is 3.78. The van der Waals surface area contributed by atoms with Gasteiger partial charge in [-0.25, -0.2) is 0 Å². The van der Waals surface area contributed by atoms with Gasteiger partial charge >= 0.3 is 0 Å². The first-order chi connectivity index (χ1) is 10.0. The molecule has 5 nitrogen and oxygen atoms in total. The van der Waals surface area contributed by atoms with E-state index in [2.05, 4.69) is 5.32 Å². The van der Waals surface area contributed by atoms with Gasteiger partial charge in [0, 0.05) is 38.4 Å². The van der Waals surface area contributed by atoms with Gasteiger partial charge in [-0.2, -0.15) is 0 Å². The SMILES string of the molecule is CCN(CC(=O)N(C)C)C(=O)c1ccc2c(c1)CCCN2. The molecular formula is C16H23N3O2. The van der Waals surface area contributed by atoms with Crippen molar-refractivity contribution in [3.8, 4) is 0 Å². The number of amides is 2. The number of rotatable bonds is 4. The van der Waals surface area contributed by atoms with Crippen molar-refractivity contribution < 1.29 is 9.59 Å². The van der Waals surface area contributed by atoms with Crippen LogP contribution in [0.3, 0.4) is 0 Å². The number of nitrogens with zero attached hydrogens (tertiary/aromatic N) is 2. The standard InChI is InChI=1S/C16H23N3O2/c1-4-19(11-15(20)18(2)3)16(21)13-7-8-14-12(10-13)6-5-9-17-14/h7-8,10,17H,4-6,9,11H2,1-3H3. The van der Waals surface area contributed by atoms with Crippen molar-refractivity contribution in [3.63, 3.8) is 0 Å². The Morgan fingerprint density at radius 1 is 1.29 bits per heavy atom. The van der Waals surface area contributed by atoms with Gasteiger partial charge < -0.3 is 15.1 Å². The molecule has 1 heterocycles. The highest BCUT2D eigenvalue weighted by Gasteiger charge is 2.19. The first-order valence-electron chi connectivity index (χ1n) is 7.39. The van der Waals surface area contributed by atoms with E-state index in [9.17, 15) is 9.59 Å². The Morgan fingerprint density at radius 2 is 2.05 bits per heavy atom. The summed E-state index contributed by atoms with van der Waals surface area (Å²) in [5.74, 6) is -0.147. The normalized spacial score (nSPS) is 13.1. The number of aryl methyl sites for hydroxylation is 1. The van der Waals surface area contributed by atoms with E-state index in [1.54, 1.807) is 19.0 Å². The Labute approximate surface area is 125 Å². The fourth-order valence-corrected chi connectivity index (χ4v) is 2.42. The molecule has 0 saturated heterocycles. The number of hydrogen-bond acceptors (Lipinski definition) is 3. The summed E-state index contributed by atoms with van der Waals surface area (Å²) in [6.45, 7) is 3.52. The summed E-state index contributed by atoms with van der Waals surface area (Å²) in [6.07, 6.45) is 2.08. The molecule has 1 aliphatic heterocycles. The van der Waals surface area contributed by atoms with Gasteiger partial charge in [0.25, 0.3) is 5.91 Å². The van der Waals surface area contributed by atoms with Crippen molar-refractivity contribution in [2.24, 2.45) is 0 Å². The molecule has 0 atom stereocenters. The predicted octanol–water partition coefficient (Wildman–Crippen LogP) is 1.59. The molecule has 0 fully saturated rings. The summed E-state index contributed by atoms with van der Waals surface area (Å²) >= 11 is 0. The van der Waals surface area contributed by atoms with Gasteiger partial charge in [0.2, 0.25) is 5.91 Å². The van der Waals surface area contributed by atoms with Crippen LogP contribution in [-0.2, 0) is 11.2 Å². The van der Waals surface area contributed by atoms with Crippen LogP contribution in [0.25, 0.3) is 0 Å². The van der Waals surface area contributed by atoms with Gasteiger partial charge in [0.05, 0.1) is 6.54 Å². The molecule has 0 radical (unpaired) electrons. The summed E-state index contributed by atoms with van der Waals surface area (Å²) in [6, 6.07) is 5.75. The van der Waals surface area contributed by atoms with Crippen LogP contribution in [-0.4, -0.2) is 55.3 Å².